The average Bonchev–Trinajstić information content (AvgIpc) is 2.61. The van der Waals surface area contributed by atoms with Crippen LogP contribution in [0.25, 0.3) is 0 Å². The third-order valence-electron chi connectivity index (χ3n) is 4.00. The third kappa shape index (κ3) is 4.03. The van der Waals surface area contributed by atoms with Crippen molar-refractivity contribution in [2.45, 2.75) is 32.5 Å². The fourth-order valence-corrected chi connectivity index (χ4v) is 2.79. The van der Waals surface area contributed by atoms with Gasteiger partial charge in [0.1, 0.15) is 11.6 Å². The zero-order valence-electron chi connectivity index (χ0n) is 13.6. The fraction of sp³-hybridized carbons (Fsp3) is 0.471. The minimum atomic E-state index is 0.115. The molecule has 0 aliphatic carbocycles. The van der Waals surface area contributed by atoms with Crippen molar-refractivity contribution in [1.29, 1.82) is 0 Å². The molecular weight excluding hydrogens is 290 g/mol. The van der Waals surface area contributed by atoms with Crippen LogP contribution in [0.3, 0.4) is 0 Å². The van der Waals surface area contributed by atoms with E-state index in [-0.39, 0.29) is 6.04 Å². The lowest BCUT2D eigenvalue weighted by molar-refractivity contribution is -0.0264. The number of nitrogens with zero attached hydrogens (tertiary/aromatic N) is 4. The molecular formula is C17H23N5O. The molecule has 23 heavy (non-hydrogen) atoms. The molecule has 1 N–H and O–H groups in total. The Bertz CT molecular complexity index is 619. The summed E-state index contributed by atoms with van der Waals surface area (Å²) in [6, 6.07) is 6.42. The largest absolute Gasteiger partial charge is 0.378 e. The van der Waals surface area contributed by atoms with Crippen LogP contribution in [-0.2, 0) is 11.3 Å². The van der Waals surface area contributed by atoms with Crippen molar-refractivity contribution in [2.24, 2.45) is 0 Å². The highest BCUT2D eigenvalue weighted by molar-refractivity contribution is 5.34. The molecule has 6 heteroatoms. The molecule has 1 aliphatic heterocycles. The van der Waals surface area contributed by atoms with Gasteiger partial charge >= 0.3 is 0 Å². The summed E-state index contributed by atoms with van der Waals surface area (Å²) < 4.78 is 5.64. The van der Waals surface area contributed by atoms with Gasteiger partial charge in [-0.2, -0.15) is 0 Å². The average molecular weight is 313 g/mol. The van der Waals surface area contributed by atoms with Gasteiger partial charge in [-0.05, 0) is 31.5 Å². The number of hydrogen-bond acceptors (Lipinski definition) is 6. The van der Waals surface area contributed by atoms with E-state index in [1.165, 1.54) is 0 Å². The lowest BCUT2D eigenvalue weighted by atomic mass is 10.1. The van der Waals surface area contributed by atoms with Gasteiger partial charge in [0.25, 0.3) is 0 Å². The number of morpholine rings is 1. The van der Waals surface area contributed by atoms with Crippen LogP contribution in [0.15, 0.2) is 36.8 Å². The number of pyridine rings is 1. The second-order valence-corrected chi connectivity index (χ2v) is 5.94. The molecule has 1 aliphatic rings. The molecule has 6 nitrogen and oxygen atoms in total. The van der Waals surface area contributed by atoms with Gasteiger partial charge in [-0.1, -0.05) is 6.07 Å². The second-order valence-electron chi connectivity index (χ2n) is 5.94. The molecule has 0 unspecified atom stereocenters. The van der Waals surface area contributed by atoms with Gasteiger partial charge in [-0.25, -0.2) is 9.97 Å². The lowest BCUT2D eigenvalue weighted by Crippen LogP contribution is -2.44. The first-order chi connectivity index (χ1) is 11.2. The maximum absolute atomic E-state index is 5.64. The van der Waals surface area contributed by atoms with Gasteiger partial charge in [0, 0.05) is 37.7 Å². The summed E-state index contributed by atoms with van der Waals surface area (Å²) in [7, 11) is 0. The van der Waals surface area contributed by atoms with E-state index in [0.29, 0.717) is 19.2 Å². The predicted octanol–water partition coefficient (Wildman–Crippen LogP) is 2.27. The summed E-state index contributed by atoms with van der Waals surface area (Å²) in [5.74, 6) is 1.64. The van der Waals surface area contributed by atoms with Crippen molar-refractivity contribution in [3.05, 3.63) is 48.2 Å². The quantitative estimate of drug-likeness (QED) is 0.913. The number of hydrogen-bond donors (Lipinski definition) is 1. The first kappa shape index (κ1) is 15.8. The molecule has 2 aromatic heterocycles. The number of nitrogens with one attached hydrogen (secondary N) is 1. The van der Waals surface area contributed by atoms with Crippen LogP contribution in [0.1, 0.15) is 31.3 Å². The van der Waals surface area contributed by atoms with Crippen LogP contribution in [0.5, 0.6) is 0 Å². The minimum Gasteiger partial charge on any atom is -0.378 e. The SMILES string of the molecule is CC(C)N1CCOC[C@H]1c1nccc(NCc2cccnc2)n1. The van der Waals surface area contributed by atoms with Crippen molar-refractivity contribution in [1.82, 2.24) is 19.9 Å². The summed E-state index contributed by atoms with van der Waals surface area (Å²) in [6.07, 6.45) is 5.43. The van der Waals surface area contributed by atoms with Crippen LogP contribution in [-0.4, -0.2) is 45.7 Å². The Morgan fingerprint density at radius 1 is 1.35 bits per heavy atom. The molecule has 0 aromatic carbocycles. The topological polar surface area (TPSA) is 63.2 Å². The molecule has 0 bridgehead atoms. The molecule has 1 saturated heterocycles. The summed E-state index contributed by atoms with van der Waals surface area (Å²) in [5.41, 5.74) is 1.12. The maximum Gasteiger partial charge on any atom is 0.150 e. The molecule has 122 valence electrons. The molecule has 1 atom stereocenters. The smallest absolute Gasteiger partial charge is 0.150 e. The Labute approximate surface area is 136 Å². The molecule has 0 saturated carbocycles. The van der Waals surface area contributed by atoms with Crippen LogP contribution in [0, 0.1) is 0 Å². The van der Waals surface area contributed by atoms with Crippen LogP contribution >= 0.6 is 0 Å². The molecule has 0 radical (unpaired) electrons. The molecule has 0 amide bonds. The fourth-order valence-electron chi connectivity index (χ4n) is 2.79. The third-order valence-corrected chi connectivity index (χ3v) is 4.00. The first-order valence-corrected chi connectivity index (χ1v) is 8.03. The highest BCUT2D eigenvalue weighted by atomic mass is 16.5. The van der Waals surface area contributed by atoms with Gasteiger partial charge in [0.15, 0.2) is 0 Å². The number of anilines is 1. The highest BCUT2D eigenvalue weighted by Gasteiger charge is 2.28. The van der Waals surface area contributed by atoms with E-state index >= 15 is 0 Å². The Balaban J connectivity index is 1.71. The summed E-state index contributed by atoms with van der Waals surface area (Å²) >= 11 is 0. The van der Waals surface area contributed by atoms with Gasteiger partial charge in [0.2, 0.25) is 0 Å². The summed E-state index contributed by atoms with van der Waals surface area (Å²) in [6.45, 7) is 7.42. The Morgan fingerprint density at radius 3 is 3.04 bits per heavy atom. The molecule has 3 rings (SSSR count). The molecule has 1 fully saturated rings. The first-order valence-electron chi connectivity index (χ1n) is 8.03. The summed E-state index contributed by atoms with van der Waals surface area (Å²) in [5, 5.41) is 3.33. The normalized spacial score (nSPS) is 19.0. The van der Waals surface area contributed by atoms with Crippen molar-refractivity contribution in [2.75, 3.05) is 25.1 Å². The summed E-state index contributed by atoms with van der Waals surface area (Å²) in [4.78, 5) is 15.7. The maximum atomic E-state index is 5.64. The van der Waals surface area contributed by atoms with Crippen molar-refractivity contribution < 1.29 is 4.74 Å². The van der Waals surface area contributed by atoms with Crippen LogP contribution < -0.4 is 5.32 Å². The molecule has 0 spiro atoms. The van der Waals surface area contributed by atoms with Crippen LogP contribution in [0.2, 0.25) is 0 Å². The van der Waals surface area contributed by atoms with E-state index in [1.807, 2.05) is 24.4 Å². The lowest BCUT2D eigenvalue weighted by Gasteiger charge is -2.37. The minimum absolute atomic E-state index is 0.115. The number of aromatic nitrogens is 3. The second kappa shape index (κ2) is 7.48. The highest BCUT2D eigenvalue weighted by Crippen LogP contribution is 2.24. The van der Waals surface area contributed by atoms with Gasteiger partial charge in [0.05, 0.1) is 19.3 Å². The Morgan fingerprint density at radius 2 is 2.26 bits per heavy atom. The Hall–Kier alpha value is -2.05. The van der Waals surface area contributed by atoms with Gasteiger partial charge < -0.3 is 10.1 Å². The Kier molecular flexibility index (Phi) is 5.15. The monoisotopic (exact) mass is 313 g/mol. The zero-order valence-corrected chi connectivity index (χ0v) is 13.6. The van der Waals surface area contributed by atoms with Gasteiger partial charge in [-0.3, -0.25) is 9.88 Å². The van der Waals surface area contributed by atoms with E-state index in [4.69, 9.17) is 4.74 Å². The van der Waals surface area contributed by atoms with E-state index in [1.54, 1.807) is 12.4 Å². The molecule has 3 heterocycles. The molecule has 2 aromatic rings. The van der Waals surface area contributed by atoms with E-state index in [2.05, 4.69) is 39.0 Å². The van der Waals surface area contributed by atoms with E-state index in [9.17, 15) is 0 Å². The predicted molar refractivity (Wildman–Crippen MR) is 89.0 cm³/mol. The number of rotatable bonds is 5. The standard InChI is InChI=1S/C17H23N5O/c1-13(2)22-8-9-23-12-15(22)17-19-7-5-16(21-17)20-11-14-4-3-6-18-10-14/h3-7,10,13,15H,8-9,11-12H2,1-2H3,(H,19,20,21)/t15-/m0/s1. The van der Waals surface area contributed by atoms with Crippen molar-refractivity contribution in [3.8, 4) is 0 Å². The van der Waals surface area contributed by atoms with Crippen LogP contribution in [0.4, 0.5) is 5.82 Å². The van der Waals surface area contributed by atoms with E-state index in [0.717, 1.165) is 30.4 Å². The zero-order chi connectivity index (χ0) is 16.1. The van der Waals surface area contributed by atoms with Crippen molar-refractivity contribution in [3.63, 3.8) is 0 Å². The van der Waals surface area contributed by atoms with Gasteiger partial charge in [-0.15, -0.1) is 0 Å². The number of ether oxygens (including phenoxy) is 1. The van der Waals surface area contributed by atoms with E-state index < -0.39 is 0 Å². The van der Waals surface area contributed by atoms with Crippen molar-refractivity contribution >= 4 is 5.82 Å².